The summed E-state index contributed by atoms with van der Waals surface area (Å²) < 4.78 is 49.9. The first kappa shape index (κ1) is 28.8. The van der Waals surface area contributed by atoms with E-state index in [4.69, 9.17) is 13.6 Å². The topological polar surface area (TPSA) is 124 Å². The molecule has 9 atom stereocenters. The summed E-state index contributed by atoms with van der Waals surface area (Å²) in [6.07, 6.45) is 2.26. The number of alkyl halides is 2. The van der Waals surface area contributed by atoms with Gasteiger partial charge in [0.25, 0.3) is 5.12 Å². The van der Waals surface area contributed by atoms with E-state index < -0.39 is 74.1 Å². The highest BCUT2D eigenvalue weighted by Gasteiger charge is 2.78. The number of thioether (sulfide) groups is 1. The number of hydrogen-bond donors (Lipinski definition) is 1. The molecule has 222 valence electrons. The Morgan fingerprint density at radius 3 is 2.38 bits per heavy atom. The number of ether oxygens (including phenoxy) is 1. The summed E-state index contributed by atoms with van der Waals surface area (Å²) in [5, 5.41) is 10.2. The summed E-state index contributed by atoms with van der Waals surface area (Å²) in [6.45, 7) is 4.79. The summed E-state index contributed by atoms with van der Waals surface area (Å²) in [5.41, 5.74) is -7.44. The molecule has 0 amide bonds. The molecule has 1 N–H and O–H groups in total. The standard InChI is InChI=1S/C31H30F2O8S/c1-16-12-18-19-14-21(32)20-13-17(34)8-9-28(20,2)30(19,33)24(35)15-29(18,3)31(16,41-25(36)22-6-4-10-39-22)27(38)42-26(37)23-7-5-11-40-23/h4-11,13,16,18-19,21,24,35H,12,14-15H2,1-3H3/t16-,18+,19+,21+,24+,28+,29+,30+,31+/m1/s1. The molecule has 0 bridgehead atoms. The van der Waals surface area contributed by atoms with Crippen molar-refractivity contribution in [1.82, 2.24) is 0 Å². The van der Waals surface area contributed by atoms with E-state index in [9.17, 15) is 24.3 Å². The van der Waals surface area contributed by atoms with Crippen molar-refractivity contribution in [2.75, 3.05) is 0 Å². The minimum atomic E-state index is -2.39. The van der Waals surface area contributed by atoms with E-state index in [1.165, 1.54) is 55.9 Å². The van der Waals surface area contributed by atoms with Crippen LogP contribution in [0.3, 0.4) is 0 Å². The number of aliphatic hydroxyl groups excluding tert-OH is 1. The fraction of sp³-hybridized carbons (Fsp3) is 0.484. The smallest absolute Gasteiger partial charge is 0.375 e. The van der Waals surface area contributed by atoms with Gasteiger partial charge in [-0.2, -0.15) is 0 Å². The van der Waals surface area contributed by atoms with Crippen LogP contribution in [0, 0.1) is 28.6 Å². The Morgan fingerprint density at radius 1 is 1.07 bits per heavy atom. The van der Waals surface area contributed by atoms with E-state index in [1.54, 1.807) is 13.8 Å². The van der Waals surface area contributed by atoms with E-state index >= 15 is 8.78 Å². The van der Waals surface area contributed by atoms with Gasteiger partial charge >= 0.3 is 5.97 Å². The van der Waals surface area contributed by atoms with E-state index in [0.29, 0.717) is 11.8 Å². The van der Waals surface area contributed by atoms with E-state index in [0.717, 1.165) is 6.08 Å². The number of halogens is 2. The summed E-state index contributed by atoms with van der Waals surface area (Å²) in [7, 11) is 0. The predicted octanol–water partition coefficient (Wildman–Crippen LogP) is 5.43. The molecule has 0 radical (unpaired) electrons. The molecule has 0 saturated heterocycles. The third kappa shape index (κ3) is 3.68. The van der Waals surface area contributed by atoms with E-state index in [2.05, 4.69) is 0 Å². The van der Waals surface area contributed by atoms with Crippen LogP contribution in [0.5, 0.6) is 0 Å². The molecule has 0 spiro atoms. The number of esters is 1. The van der Waals surface area contributed by atoms with Gasteiger partial charge < -0.3 is 18.7 Å². The van der Waals surface area contributed by atoms with E-state index in [-0.39, 0.29) is 36.4 Å². The molecule has 0 unspecified atom stereocenters. The maximum absolute atomic E-state index is 17.6. The zero-order valence-corrected chi connectivity index (χ0v) is 24.0. The van der Waals surface area contributed by atoms with Crippen molar-refractivity contribution in [3.63, 3.8) is 0 Å². The molecule has 42 heavy (non-hydrogen) atoms. The van der Waals surface area contributed by atoms with Crippen molar-refractivity contribution in [1.29, 1.82) is 0 Å². The summed E-state index contributed by atoms with van der Waals surface area (Å²) in [5.74, 6) is -4.28. The van der Waals surface area contributed by atoms with Gasteiger partial charge in [-0.05, 0) is 85.9 Å². The molecule has 3 saturated carbocycles. The number of hydrogen-bond acceptors (Lipinski definition) is 9. The van der Waals surface area contributed by atoms with Crippen molar-refractivity contribution in [3.05, 3.63) is 72.1 Å². The quantitative estimate of drug-likeness (QED) is 0.457. The molecule has 3 fully saturated rings. The summed E-state index contributed by atoms with van der Waals surface area (Å²) in [4.78, 5) is 52.8. The lowest BCUT2D eigenvalue weighted by Crippen LogP contribution is -2.70. The molecule has 2 heterocycles. The van der Waals surface area contributed by atoms with E-state index in [1.807, 2.05) is 0 Å². The molecule has 0 aliphatic heterocycles. The van der Waals surface area contributed by atoms with Crippen LogP contribution in [0.4, 0.5) is 8.78 Å². The van der Waals surface area contributed by atoms with Crippen molar-refractivity contribution in [2.24, 2.45) is 28.6 Å². The zero-order valence-electron chi connectivity index (χ0n) is 23.2. The van der Waals surface area contributed by atoms with Gasteiger partial charge in [0, 0.05) is 22.7 Å². The third-order valence-corrected chi connectivity index (χ3v) is 11.2. The summed E-state index contributed by atoms with van der Waals surface area (Å²) >= 11 is 0.312. The highest BCUT2D eigenvalue weighted by atomic mass is 32.2. The van der Waals surface area contributed by atoms with Gasteiger partial charge in [0.15, 0.2) is 22.8 Å². The Kier molecular flexibility index (Phi) is 6.58. The normalized spacial score (nSPS) is 40.5. The molecule has 4 aliphatic rings. The van der Waals surface area contributed by atoms with Gasteiger partial charge in [-0.3, -0.25) is 14.4 Å². The van der Waals surface area contributed by atoms with Crippen LogP contribution in [0.15, 0.2) is 69.4 Å². The van der Waals surface area contributed by atoms with Crippen LogP contribution < -0.4 is 0 Å². The number of allylic oxidation sites excluding steroid dienone is 4. The lowest BCUT2D eigenvalue weighted by Gasteiger charge is -2.63. The first-order chi connectivity index (χ1) is 19.8. The first-order valence-electron chi connectivity index (χ1n) is 13.8. The van der Waals surface area contributed by atoms with Gasteiger partial charge in [-0.15, -0.1) is 0 Å². The van der Waals surface area contributed by atoms with Crippen molar-refractivity contribution in [2.45, 2.75) is 63.6 Å². The lowest BCUT2D eigenvalue weighted by molar-refractivity contribution is -0.221. The lowest BCUT2D eigenvalue weighted by atomic mass is 9.44. The third-order valence-electron chi connectivity index (χ3n) is 10.4. The average Bonchev–Trinajstić information content (AvgIpc) is 3.70. The monoisotopic (exact) mass is 600 g/mol. The van der Waals surface area contributed by atoms with Gasteiger partial charge in [0.2, 0.25) is 10.9 Å². The van der Waals surface area contributed by atoms with Crippen LogP contribution in [0.25, 0.3) is 0 Å². The Bertz CT molecular complexity index is 1510. The van der Waals surface area contributed by atoms with Crippen molar-refractivity contribution < 1.29 is 46.6 Å². The average molecular weight is 601 g/mol. The number of rotatable bonds is 4. The molecular formula is C31H30F2O8S. The van der Waals surface area contributed by atoms with Crippen LogP contribution in [0.2, 0.25) is 0 Å². The number of ketones is 1. The van der Waals surface area contributed by atoms with Crippen LogP contribution >= 0.6 is 11.8 Å². The first-order valence-corrected chi connectivity index (χ1v) is 14.6. The second-order valence-electron chi connectivity index (χ2n) is 12.3. The largest absolute Gasteiger partial charge is 0.460 e. The highest BCUT2D eigenvalue weighted by Crippen LogP contribution is 2.72. The maximum Gasteiger partial charge on any atom is 0.375 e. The Labute approximate surface area is 244 Å². The van der Waals surface area contributed by atoms with Crippen LogP contribution in [-0.2, 0) is 14.3 Å². The number of carbonyl (C=O) groups excluding carboxylic acids is 4. The molecular weight excluding hydrogens is 570 g/mol. The molecule has 8 nitrogen and oxygen atoms in total. The minimum Gasteiger partial charge on any atom is -0.460 e. The SMILES string of the molecule is C[C@@H]1C[C@H]2[C@@H]3C[C@H](F)C4=CC(=O)C=C[C@]4(C)[C@@]3(F)[C@@H](O)C[C@]2(C)[C@@]1(OC(=O)c1ccco1)C(=O)SC(=O)c1ccco1. The maximum atomic E-state index is 17.6. The van der Waals surface area contributed by atoms with Crippen molar-refractivity contribution in [3.8, 4) is 0 Å². The minimum absolute atomic E-state index is 0.0198. The molecule has 4 aliphatic carbocycles. The second-order valence-corrected chi connectivity index (χ2v) is 13.2. The van der Waals surface area contributed by atoms with Crippen LogP contribution in [-0.4, -0.2) is 50.6 Å². The molecule has 11 heteroatoms. The van der Waals surface area contributed by atoms with Crippen molar-refractivity contribution >= 4 is 33.7 Å². The molecule has 6 rings (SSSR count). The number of carbonyl (C=O) groups is 4. The van der Waals surface area contributed by atoms with Gasteiger partial charge in [0.1, 0.15) is 6.17 Å². The second kappa shape index (κ2) is 9.60. The predicted molar refractivity (Wildman–Crippen MR) is 146 cm³/mol. The summed E-state index contributed by atoms with van der Waals surface area (Å²) in [6, 6.07) is 5.73. The molecule has 2 aromatic heterocycles. The Morgan fingerprint density at radius 2 is 1.74 bits per heavy atom. The highest BCUT2D eigenvalue weighted by molar-refractivity contribution is 8.26. The Hall–Kier alpha value is -3.31. The molecule has 2 aromatic rings. The molecule has 0 aromatic carbocycles. The Balaban J connectivity index is 1.46. The number of furan rings is 2. The number of aliphatic hydroxyl groups is 1. The fourth-order valence-electron chi connectivity index (χ4n) is 8.41. The van der Waals surface area contributed by atoms with Gasteiger partial charge in [0.05, 0.1) is 18.6 Å². The van der Waals surface area contributed by atoms with Gasteiger partial charge in [-0.25, -0.2) is 13.6 Å². The zero-order chi connectivity index (χ0) is 30.2. The fourth-order valence-corrected chi connectivity index (χ4v) is 9.43. The van der Waals surface area contributed by atoms with Crippen LogP contribution in [0.1, 0.15) is 61.1 Å². The van der Waals surface area contributed by atoms with Gasteiger partial charge in [-0.1, -0.05) is 19.9 Å². The number of fused-ring (bicyclic) bond motifs is 5.